The van der Waals surface area contributed by atoms with Crippen LogP contribution in [0.2, 0.25) is 0 Å². The molecule has 0 radical (unpaired) electrons. The van der Waals surface area contributed by atoms with E-state index in [1.54, 1.807) is 0 Å². The van der Waals surface area contributed by atoms with Gasteiger partial charge in [-0.1, -0.05) is 13.8 Å². The fraction of sp³-hybridized carbons (Fsp3) is 1.00. The predicted octanol–water partition coefficient (Wildman–Crippen LogP) is 2.20. The quantitative estimate of drug-likeness (QED) is 0.704. The van der Waals surface area contributed by atoms with Crippen molar-refractivity contribution in [3.05, 3.63) is 0 Å². The van der Waals surface area contributed by atoms with Crippen molar-refractivity contribution < 1.29 is 0 Å². The smallest absolute Gasteiger partial charge is 0.0218 e. The molecule has 0 aromatic heterocycles. The van der Waals surface area contributed by atoms with Crippen LogP contribution < -0.4 is 5.32 Å². The maximum atomic E-state index is 3.64. The fourth-order valence-electron chi connectivity index (χ4n) is 2.29. The Hall–Kier alpha value is 0.270. The molecular formula is C12H26N2S. The summed E-state index contributed by atoms with van der Waals surface area (Å²) in [5.41, 5.74) is 0. The lowest BCUT2D eigenvalue weighted by atomic mass is 10.1. The first-order valence-electron chi connectivity index (χ1n) is 6.28. The van der Waals surface area contributed by atoms with Crippen LogP contribution in [0.5, 0.6) is 0 Å². The lowest BCUT2D eigenvalue weighted by molar-refractivity contribution is 0.125. The summed E-state index contributed by atoms with van der Waals surface area (Å²) in [5.74, 6) is 1.30. The van der Waals surface area contributed by atoms with E-state index in [4.69, 9.17) is 0 Å². The van der Waals surface area contributed by atoms with E-state index >= 15 is 0 Å². The van der Waals surface area contributed by atoms with Crippen molar-refractivity contribution in [1.82, 2.24) is 10.2 Å². The predicted molar refractivity (Wildman–Crippen MR) is 70.7 cm³/mol. The largest absolute Gasteiger partial charge is 0.311 e. The summed E-state index contributed by atoms with van der Waals surface area (Å²) >= 11 is 1.96. The van der Waals surface area contributed by atoms with Crippen LogP contribution >= 0.6 is 11.8 Å². The van der Waals surface area contributed by atoms with Crippen LogP contribution in [0.25, 0.3) is 0 Å². The van der Waals surface area contributed by atoms with Gasteiger partial charge in [0, 0.05) is 25.2 Å². The third kappa shape index (κ3) is 4.33. The van der Waals surface area contributed by atoms with Crippen molar-refractivity contribution in [1.29, 1.82) is 0 Å². The Labute approximate surface area is 99.2 Å². The molecule has 1 heterocycles. The molecule has 1 saturated heterocycles. The van der Waals surface area contributed by atoms with Crippen LogP contribution in [0.15, 0.2) is 0 Å². The lowest BCUT2D eigenvalue weighted by Crippen LogP contribution is -2.56. The van der Waals surface area contributed by atoms with E-state index in [0.29, 0.717) is 0 Å². The molecule has 0 saturated carbocycles. The number of hydrogen-bond acceptors (Lipinski definition) is 3. The van der Waals surface area contributed by atoms with Crippen LogP contribution in [-0.4, -0.2) is 48.6 Å². The second-order valence-electron chi connectivity index (χ2n) is 4.42. The molecule has 1 rings (SSSR count). The molecule has 90 valence electrons. The highest BCUT2D eigenvalue weighted by Crippen LogP contribution is 2.13. The Morgan fingerprint density at radius 3 is 2.73 bits per heavy atom. The summed E-state index contributed by atoms with van der Waals surface area (Å²) in [4.78, 5) is 2.70. The zero-order valence-electron chi connectivity index (χ0n) is 10.5. The monoisotopic (exact) mass is 230 g/mol. The van der Waals surface area contributed by atoms with Crippen LogP contribution in [0, 0.1) is 0 Å². The molecule has 1 N–H and O–H groups in total. The van der Waals surface area contributed by atoms with Gasteiger partial charge >= 0.3 is 0 Å². The van der Waals surface area contributed by atoms with E-state index in [0.717, 1.165) is 12.1 Å². The molecule has 2 unspecified atom stereocenters. The van der Waals surface area contributed by atoms with E-state index in [1.807, 2.05) is 11.8 Å². The first-order chi connectivity index (χ1) is 7.31. The van der Waals surface area contributed by atoms with Gasteiger partial charge in [0.05, 0.1) is 0 Å². The molecule has 1 aliphatic rings. The fourth-order valence-corrected chi connectivity index (χ4v) is 2.71. The maximum absolute atomic E-state index is 3.64. The third-order valence-corrected chi connectivity index (χ3v) is 4.07. The molecule has 1 fully saturated rings. The Morgan fingerprint density at radius 2 is 2.13 bits per heavy atom. The van der Waals surface area contributed by atoms with Gasteiger partial charge < -0.3 is 5.32 Å². The second-order valence-corrected chi connectivity index (χ2v) is 5.40. The van der Waals surface area contributed by atoms with Gasteiger partial charge in [0.2, 0.25) is 0 Å². The molecule has 1 aliphatic heterocycles. The van der Waals surface area contributed by atoms with Crippen LogP contribution in [0.1, 0.15) is 33.1 Å². The topological polar surface area (TPSA) is 15.3 Å². The number of hydrogen-bond donors (Lipinski definition) is 1. The molecular weight excluding hydrogens is 204 g/mol. The average Bonchev–Trinajstić information content (AvgIpc) is 2.29. The minimum Gasteiger partial charge on any atom is -0.311 e. The summed E-state index contributed by atoms with van der Waals surface area (Å²) in [7, 11) is 0. The molecule has 3 heteroatoms. The molecule has 2 nitrogen and oxygen atoms in total. The van der Waals surface area contributed by atoms with E-state index < -0.39 is 0 Å². The van der Waals surface area contributed by atoms with Gasteiger partial charge in [0.25, 0.3) is 0 Å². The van der Waals surface area contributed by atoms with Gasteiger partial charge in [-0.05, 0) is 37.8 Å². The highest BCUT2D eigenvalue weighted by atomic mass is 32.2. The average molecular weight is 230 g/mol. The Kier molecular flexibility index (Phi) is 6.69. The van der Waals surface area contributed by atoms with Crippen molar-refractivity contribution in [3.63, 3.8) is 0 Å². The first-order valence-corrected chi connectivity index (χ1v) is 7.67. The normalized spacial score (nSPS) is 28.2. The minimum absolute atomic E-state index is 0.724. The summed E-state index contributed by atoms with van der Waals surface area (Å²) in [6.45, 7) is 8.32. The SMILES string of the molecule is CCC1CN(CCCSC)C(CC)CN1. The van der Waals surface area contributed by atoms with E-state index in [1.165, 1.54) is 44.6 Å². The number of thioether (sulfide) groups is 1. The summed E-state index contributed by atoms with van der Waals surface area (Å²) in [6, 6.07) is 1.50. The first kappa shape index (κ1) is 13.3. The molecule has 0 aliphatic carbocycles. The van der Waals surface area contributed by atoms with E-state index in [9.17, 15) is 0 Å². The zero-order valence-corrected chi connectivity index (χ0v) is 11.3. The zero-order chi connectivity index (χ0) is 11.1. The molecule has 15 heavy (non-hydrogen) atoms. The lowest BCUT2D eigenvalue weighted by Gasteiger charge is -2.40. The van der Waals surface area contributed by atoms with Crippen molar-refractivity contribution in [3.8, 4) is 0 Å². The minimum atomic E-state index is 0.724. The molecule has 0 amide bonds. The van der Waals surface area contributed by atoms with Crippen molar-refractivity contribution >= 4 is 11.8 Å². The van der Waals surface area contributed by atoms with Gasteiger partial charge in [0.15, 0.2) is 0 Å². The van der Waals surface area contributed by atoms with E-state index in [-0.39, 0.29) is 0 Å². The van der Waals surface area contributed by atoms with Gasteiger partial charge in [0.1, 0.15) is 0 Å². The molecule has 0 spiro atoms. The van der Waals surface area contributed by atoms with Gasteiger partial charge in [-0.25, -0.2) is 0 Å². The Bertz CT molecular complexity index is 164. The van der Waals surface area contributed by atoms with Crippen molar-refractivity contribution in [2.45, 2.75) is 45.2 Å². The summed E-state index contributed by atoms with van der Waals surface area (Å²) in [6.07, 6.45) is 6.08. The van der Waals surface area contributed by atoms with Gasteiger partial charge in [-0.2, -0.15) is 11.8 Å². The Balaban J connectivity index is 2.33. The van der Waals surface area contributed by atoms with Gasteiger partial charge in [-0.15, -0.1) is 0 Å². The maximum Gasteiger partial charge on any atom is 0.0218 e. The molecule has 0 aromatic carbocycles. The van der Waals surface area contributed by atoms with Crippen molar-refractivity contribution in [2.24, 2.45) is 0 Å². The standard InChI is InChI=1S/C12H26N2S/c1-4-11-10-14(7-6-8-15-3)12(5-2)9-13-11/h11-13H,4-10H2,1-3H3. The highest BCUT2D eigenvalue weighted by Gasteiger charge is 2.24. The summed E-state index contributed by atoms with van der Waals surface area (Å²) < 4.78 is 0. The molecule has 2 atom stereocenters. The number of rotatable bonds is 6. The highest BCUT2D eigenvalue weighted by molar-refractivity contribution is 7.98. The van der Waals surface area contributed by atoms with Crippen molar-refractivity contribution in [2.75, 3.05) is 31.6 Å². The van der Waals surface area contributed by atoms with Crippen LogP contribution in [0.3, 0.4) is 0 Å². The van der Waals surface area contributed by atoms with Crippen LogP contribution in [-0.2, 0) is 0 Å². The number of piperazine rings is 1. The number of nitrogens with zero attached hydrogens (tertiary/aromatic N) is 1. The second kappa shape index (κ2) is 7.53. The van der Waals surface area contributed by atoms with Gasteiger partial charge in [-0.3, -0.25) is 4.90 Å². The van der Waals surface area contributed by atoms with Crippen LogP contribution in [0.4, 0.5) is 0 Å². The molecule has 0 bridgehead atoms. The number of nitrogens with one attached hydrogen (secondary N) is 1. The van der Waals surface area contributed by atoms with E-state index in [2.05, 4.69) is 30.3 Å². The Morgan fingerprint density at radius 1 is 1.33 bits per heavy atom. The third-order valence-electron chi connectivity index (χ3n) is 3.37. The molecule has 0 aromatic rings. The summed E-state index contributed by atoms with van der Waals surface area (Å²) in [5, 5.41) is 3.64.